The molecule has 176 valence electrons. The lowest BCUT2D eigenvalue weighted by molar-refractivity contribution is -0.126. The van der Waals surface area contributed by atoms with Crippen LogP contribution in [-0.4, -0.2) is 69.1 Å². The summed E-state index contributed by atoms with van der Waals surface area (Å²) in [6.07, 6.45) is 5.55. The zero-order valence-electron chi connectivity index (χ0n) is 18.6. The van der Waals surface area contributed by atoms with Crippen molar-refractivity contribution < 1.29 is 22.7 Å². The van der Waals surface area contributed by atoms with Crippen LogP contribution in [0.1, 0.15) is 31.2 Å². The predicted octanol–water partition coefficient (Wildman–Crippen LogP) is 1.40. The number of nitrogens with zero attached hydrogens (tertiary/aromatic N) is 1. The number of rotatable bonds is 6. The quantitative estimate of drug-likeness (QED) is 0.597. The minimum absolute atomic E-state index is 0.0678. The minimum Gasteiger partial charge on any atom is -0.497 e. The van der Waals surface area contributed by atoms with Gasteiger partial charge < -0.3 is 20.4 Å². The van der Waals surface area contributed by atoms with Gasteiger partial charge in [0.05, 0.1) is 13.4 Å². The van der Waals surface area contributed by atoms with Crippen molar-refractivity contribution in [1.29, 1.82) is 0 Å². The first-order chi connectivity index (χ1) is 15.3. The van der Waals surface area contributed by atoms with E-state index in [4.69, 9.17) is 4.74 Å². The monoisotopic (exact) mass is 464 g/mol. The number of hydrogen-bond acceptors (Lipinski definition) is 5. The van der Waals surface area contributed by atoms with Gasteiger partial charge in [0, 0.05) is 55.6 Å². The van der Waals surface area contributed by atoms with Crippen LogP contribution in [0.3, 0.4) is 0 Å². The van der Waals surface area contributed by atoms with Crippen LogP contribution in [0.15, 0.2) is 24.4 Å². The smallest absolute Gasteiger partial charge is 0.223 e. The van der Waals surface area contributed by atoms with Gasteiger partial charge in [-0.1, -0.05) is 0 Å². The molecule has 1 atom stereocenters. The molecule has 1 saturated heterocycles. The SMILES string of the molecule is COc1ccc2[nH]cc(CCNC(=O)C3CCCN(S(C)(=O)=O)CCC(=O)NCC3)c2c1. The highest BCUT2D eigenvalue weighted by molar-refractivity contribution is 7.88. The molecule has 3 N–H and O–H groups in total. The van der Waals surface area contributed by atoms with E-state index < -0.39 is 10.0 Å². The van der Waals surface area contributed by atoms with Crippen molar-refractivity contribution in [3.8, 4) is 5.75 Å². The number of ether oxygens (including phenoxy) is 1. The summed E-state index contributed by atoms with van der Waals surface area (Å²) in [5.74, 6) is 0.235. The summed E-state index contributed by atoms with van der Waals surface area (Å²) in [4.78, 5) is 28.0. The van der Waals surface area contributed by atoms with E-state index >= 15 is 0 Å². The van der Waals surface area contributed by atoms with Gasteiger partial charge in [0.25, 0.3) is 0 Å². The second kappa shape index (κ2) is 10.8. The van der Waals surface area contributed by atoms with Gasteiger partial charge in [-0.2, -0.15) is 0 Å². The third-order valence-corrected chi connectivity index (χ3v) is 7.17. The summed E-state index contributed by atoms with van der Waals surface area (Å²) >= 11 is 0. The lowest BCUT2D eigenvalue weighted by Crippen LogP contribution is -2.35. The Morgan fingerprint density at radius 1 is 1.28 bits per heavy atom. The second-order valence-corrected chi connectivity index (χ2v) is 10.1. The van der Waals surface area contributed by atoms with Crippen molar-refractivity contribution in [3.63, 3.8) is 0 Å². The maximum atomic E-state index is 12.8. The summed E-state index contributed by atoms with van der Waals surface area (Å²) in [5, 5.41) is 6.86. The van der Waals surface area contributed by atoms with Gasteiger partial charge in [-0.05, 0) is 49.4 Å². The lowest BCUT2D eigenvalue weighted by Gasteiger charge is -2.20. The van der Waals surface area contributed by atoms with Gasteiger partial charge >= 0.3 is 0 Å². The number of hydrogen-bond donors (Lipinski definition) is 3. The molecule has 0 saturated carbocycles. The Hall–Kier alpha value is -2.59. The molecule has 1 aromatic heterocycles. The third kappa shape index (κ3) is 6.46. The van der Waals surface area contributed by atoms with E-state index in [9.17, 15) is 18.0 Å². The Morgan fingerprint density at radius 2 is 2.09 bits per heavy atom. The van der Waals surface area contributed by atoms with Gasteiger partial charge in [-0.15, -0.1) is 0 Å². The van der Waals surface area contributed by atoms with E-state index in [1.165, 1.54) is 4.31 Å². The van der Waals surface area contributed by atoms with Crippen molar-refractivity contribution in [1.82, 2.24) is 19.9 Å². The molecular formula is C22H32N4O5S. The molecule has 9 nitrogen and oxygen atoms in total. The van der Waals surface area contributed by atoms with E-state index in [1.54, 1.807) is 7.11 Å². The molecule has 10 heteroatoms. The average Bonchev–Trinajstić information content (AvgIpc) is 3.13. The zero-order chi connectivity index (χ0) is 23.1. The van der Waals surface area contributed by atoms with Crippen molar-refractivity contribution >= 4 is 32.7 Å². The molecule has 2 heterocycles. The maximum absolute atomic E-state index is 12.8. The van der Waals surface area contributed by atoms with Crippen LogP contribution >= 0.6 is 0 Å². The zero-order valence-corrected chi connectivity index (χ0v) is 19.5. The minimum atomic E-state index is -3.39. The summed E-state index contributed by atoms with van der Waals surface area (Å²) in [5.41, 5.74) is 2.11. The van der Waals surface area contributed by atoms with Crippen LogP contribution < -0.4 is 15.4 Å². The first kappa shape index (κ1) is 24.1. The van der Waals surface area contributed by atoms with Crippen LogP contribution in [0, 0.1) is 5.92 Å². The van der Waals surface area contributed by atoms with Gasteiger partial charge in [0.15, 0.2) is 0 Å². The van der Waals surface area contributed by atoms with E-state index in [0.29, 0.717) is 45.3 Å². The number of fused-ring (bicyclic) bond motifs is 1. The molecule has 1 unspecified atom stereocenters. The Bertz CT molecular complexity index is 1050. The highest BCUT2D eigenvalue weighted by atomic mass is 32.2. The Kier molecular flexibility index (Phi) is 8.14. The average molecular weight is 465 g/mol. The molecule has 32 heavy (non-hydrogen) atoms. The lowest BCUT2D eigenvalue weighted by atomic mass is 9.98. The first-order valence-corrected chi connectivity index (χ1v) is 12.8. The number of carbonyl (C=O) groups excluding carboxylic acids is 2. The summed E-state index contributed by atoms with van der Waals surface area (Å²) in [7, 11) is -1.76. The number of aromatic nitrogens is 1. The Morgan fingerprint density at radius 3 is 2.84 bits per heavy atom. The molecule has 1 fully saturated rings. The van der Waals surface area contributed by atoms with Crippen molar-refractivity contribution in [3.05, 3.63) is 30.0 Å². The number of carbonyl (C=O) groups is 2. The first-order valence-electron chi connectivity index (χ1n) is 10.9. The number of sulfonamides is 1. The molecule has 1 aliphatic heterocycles. The van der Waals surface area contributed by atoms with Crippen molar-refractivity contribution in [2.45, 2.75) is 32.1 Å². The second-order valence-electron chi connectivity index (χ2n) is 8.16. The fraction of sp³-hybridized carbons (Fsp3) is 0.545. The molecule has 0 radical (unpaired) electrons. The highest BCUT2D eigenvalue weighted by Crippen LogP contribution is 2.24. The number of benzene rings is 1. The standard InChI is InChI=1S/C22H32N4O5S/c1-31-18-5-6-20-19(14-18)17(15-25-20)8-11-24-22(28)16-4-3-12-26(32(2,29)30)13-9-21(27)23-10-7-16/h5-6,14-16,25H,3-4,7-13H2,1-2H3,(H,23,27)(H,24,28). The van der Waals surface area contributed by atoms with E-state index in [2.05, 4.69) is 15.6 Å². The van der Waals surface area contributed by atoms with Crippen molar-refractivity contribution in [2.75, 3.05) is 39.5 Å². The van der Waals surface area contributed by atoms with Gasteiger partial charge in [-0.3, -0.25) is 9.59 Å². The molecular weight excluding hydrogens is 432 g/mol. The maximum Gasteiger partial charge on any atom is 0.223 e. The normalized spacial score (nSPS) is 19.2. The molecule has 2 amide bonds. The van der Waals surface area contributed by atoms with E-state index in [1.807, 2.05) is 24.4 Å². The Balaban J connectivity index is 1.57. The largest absolute Gasteiger partial charge is 0.497 e. The number of methoxy groups -OCH3 is 1. The fourth-order valence-electron chi connectivity index (χ4n) is 4.02. The number of amides is 2. The number of nitrogens with one attached hydrogen (secondary N) is 3. The van der Waals surface area contributed by atoms with E-state index in [0.717, 1.165) is 28.5 Å². The highest BCUT2D eigenvalue weighted by Gasteiger charge is 2.23. The molecule has 0 aliphatic carbocycles. The summed E-state index contributed by atoms with van der Waals surface area (Å²) < 4.78 is 30.5. The summed E-state index contributed by atoms with van der Waals surface area (Å²) in [6, 6.07) is 5.84. The molecule has 1 aromatic carbocycles. The van der Waals surface area contributed by atoms with Crippen LogP contribution in [-0.2, 0) is 26.0 Å². The third-order valence-electron chi connectivity index (χ3n) is 5.87. The predicted molar refractivity (Wildman–Crippen MR) is 123 cm³/mol. The van der Waals surface area contributed by atoms with E-state index in [-0.39, 0.29) is 30.7 Å². The topological polar surface area (TPSA) is 121 Å². The van der Waals surface area contributed by atoms with Crippen LogP contribution in [0.4, 0.5) is 0 Å². The summed E-state index contributed by atoms with van der Waals surface area (Å²) in [6.45, 7) is 1.36. The van der Waals surface area contributed by atoms with Gasteiger partial charge in [0.1, 0.15) is 5.75 Å². The van der Waals surface area contributed by atoms with Crippen LogP contribution in [0.5, 0.6) is 5.75 Å². The number of aromatic amines is 1. The fourth-order valence-corrected chi connectivity index (χ4v) is 4.90. The molecule has 0 bridgehead atoms. The van der Waals surface area contributed by atoms with Gasteiger partial charge in [-0.25, -0.2) is 12.7 Å². The molecule has 3 rings (SSSR count). The molecule has 0 spiro atoms. The van der Waals surface area contributed by atoms with Crippen molar-refractivity contribution in [2.24, 2.45) is 5.92 Å². The molecule has 1 aliphatic rings. The Labute approximate surface area is 188 Å². The van der Waals surface area contributed by atoms with Gasteiger partial charge in [0.2, 0.25) is 21.8 Å². The van der Waals surface area contributed by atoms with Crippen LogP contribution in [0.25, 0.3) is 10.9 Å². The van der Waals surface area contributed by atoms with Crippen LogP contribution in [0.2, 0.25) is 0 Å². The molecule has 2 aromatic rings. The number of H-pyrrole nitrogens is 1.